The first kappa shape index (κ1) is 19.8. The van der Waals surface area contributed by atoms with Crippen LogP contribution in [0.25, 0.3) is 0 Å². The fourth-order valence-electron chi connectivity index (χ4n) is 4.05. The van der Waals surface area contributed by atoms with Crippen molar-refractivity contribution < 1.29 is 9.18 Å². The lowest BCUT2D eigenvalue weighted by Crippen LogP contribution is -2.53. The van der Waals surface area contributed by atoms with Crippen LogP contribution in [0.5, 0.6) is 0 Å². The number of hydrogen-bond donors (Lipinski definition) is 0. The standard InChI is InChI=1S/C22H28FN5O/c23-20-14-19(15-24-16-20)17-25-6-8-26(9-7-25)18-22(29)28-12-10-27(11-13-28)21-4-2-1-3-5-21/h1-5,14-16H,6-13,17-18H2. The van der Waals surface area contributed by atoms with Gasteiger partial charge >= 0.3 is 0 Å². The van der Waals surface area contributed by atoms with Crippen LogP contribution in [0.1, 0.15) is 5.56 Å². The molecule has 2 fully saturated rings. The lowest BCUT2D eigenvalue weighted by Gasteiger charge is -2.38. The summed E-state index contributed by atoms with van der Waals surface area (Å²) in [5.41, 5.74) is 2.12. The van der Waals surface area contributed by atoms with Gasteiger partial charge in [0.05, 0.1) is 12.7 Å². The molecule has 0 spiro atoms. The molecule has 0 aliphatic carbocycles. The number of aromatic nitrogens is 1. The van der Waals surface area contributed by atoms with E-state index in [-0.39, 0.29) is 11.7 Å². The van der Waals surface area contributed by atoms with E-state index in [0.29, 0.717) is 13.1 Å². The highest BCUT2D eigenvalue weighted by Crippen LogP contribution is 2.16. The molecule has 0 saturated carbocycles. The van der Waals surface area contributed by atoms with Crippen molar-refractivity contribution in [1.82, 2.24) is 19.7 Å². The Balaban J connectivity index is 1.19. The third kappa shape index (κ3) is 5.31. The van der Waals surface area contributed by atoms with E-state index in [2.05, 4.69) is 43.9 Å². The third-order valence-corrected chi connectivity index (χ3v) is 5.75. The Labute approximate surface area is 171 Å². The molecule has 2 aliphatic heterocycles. The van der Waals surface area contributed by atoms with E-state index in [9.17, 15) is 9.18 Å². The van der Waals surface area contributed by atoms with Crippen molar-refractivity contribution in [3.63, 3.8) is 0 Å². The number of nitrogens with zero attached hydrogens (tertiary/aromatic N) is 5. The van der Waals surface area contributed by atoms with Crippen LogP contribution in [-0.4, -0.2) is 84.5 Å². The van der Waals surface area contributed by atoms with Crippen LogP contribution in [0.15, 0.2) is 48.8 Å². The van der Waals surface area contributed by atoms with Crippen molar-refractivity contribution in [3.05, 3.63) is 60.2 Å². The van der Waals surface area contributed by atoms with Gasteiger partial charge in [-0.15, -0.1) is 0 Å². The summed E-state index contributed by atoms with van der Waals surface area (Å²) in [6.07, 6.45) is 2.95. The smallest absolute Gasteiger partial charge is 0.236 e. The maximum absolute atomic E-state index is 13.3. The normalized spacial score (nSPS) is 18.8. The van der Waals surface area contributed by atoms with Gasteiger partial charge in [-0.3, -0.25) is 19.6 Å². The predicted octanol–water partition coefficient (Wildman–Crippen LogP) is 1.69. The van der Waals surface area contributed by atoms with Crippen LogP contribution in [0.4, 0.5) is 10.1 Å². The van der Waals surface area contributed by atoms with Gasteiger partial charge in [-0.05, 0) is 23.8 Å². The van der Waals surface area contributed by atoms with E-state index in [1.807, 2.05) is 11.0 Å². The monoisotopic (exact) mass is 397 g/mol. The average Bonchev–Trinajstić information content (AvgIpc) is 2.76. The first-order chi connectivity index (χ1) is 14.2. The minimum absolute atomic E-state index is 0.223. The molecular weight excluding hydrogens is 369 g/mol. The summed E-state index contributed by atoms with van der Waals surface area (Å²) in [6.45, 7) is 7.99. The van der Waals surface area contributed by atoms with Gasteiger partial charge in [-0.25, -0.2) is 4.39 Å². The average molecular weight is 397 g/mol. The van der Waals surface area contributed by atoms with Crippen LogP contribution in [0.3, 0.4) is 0 Å². The predicted molar refractivity (Wildman–Crippen MR) is 111 cm³/mol. The molecule has 2 saturated heterocycles. The Bertz CT molecular complexity index is 802. The summed E-state index contributed by atoms with van der Waals surface area (Å²) in [5, 5.41) is 0. The number of anilines is 1. The lowest BCUT2D eigenvalue weighted by atomic mass is 10.2. The molecule has 1 amide bonds. The number of piperazine rings is 2. The van der Waals surface area contributed by atoms with Crippen molar-refractivity contribution >= 4 is 11.6 Å². The second-order valence-corrected chi connectivity index (χ2v) is 7.77. The van der Waals surface area contributed by atoms with Gasteiger partial charge < -0.3 is 9.80 Å². The molecule has 6 nitrogen and oxygen atoms in total. The van der Waals surface area contributed by atoms with Crippen LogP contribution < -0.4 is 4.90 Å². The highest BCUT2D eigenvalue weighted by Gasteiger charge is 2.25. The fraction of sp³-hybridized carbons (Fsp3) is 0.455. The van der Waals surface area contributed by atoms with Crippen molar-refractivity contribution in [2.75, 3.05) is 63.8 Å². The zero-order valence-electron chi connectivity index (χ0n) is 16.7. The van der Waals surface area contributed by atoms with Gasteiger partial charge in [0.25, 0.3) is 0 Å². The molecule has 0 unspecified atom stereocenters. The summed E-state index contributed by atoms with van der Waals surface area (Å²) in [5.74, 6) is -0.0698. The number of amides is 1. The number of benzene rings is 1. The number of halogens is 1. The van der Waals surface area contributed by atoms with Crippen LogP contribution in [0, 0.1) is 5.82 Å². The molecule has 0 N–H and O–H groups in total. The molecular formula is C22H28FN5O. The molecule has 2 aromatic rings. The maximum Gasteiger partial charge on any atom is 0.236 e. The van der Waals surface area contributed by atoms with Crippen LogP contribution >= 0.6 is 0 Å². The van der Waals surface area contributed by atoms with E-state index in [1.54, 1.807) is 6.20 Å². The summed E-state index contributed by atoms with van der Waals surface area (Å²) in [7, 11) is 0. The maximum atomic E-state index is 13.3. The zero-order valence-corrected chi connectivity index (χ0v) is 16.7. The summed E-state index contributed by atoms with van der Waals surface area (Å²) in [6, 6.07) is 11.9. The van der Waals surface area contributed by atoms with Gasteiger partial charge in [0.15, 0.2) is 0 Å². The number of rotatable bonds is 5. The molecule has 1 aromatic heterocycles. The van der Waals surface area contributed by atoms with Gasteiger partial charge in [0, 0.05) is 70.8 Å². The third-order valence-electron chi connectivity index (χ3n) is 5.75. The van der Waals surface area contributed by atoms with Gasteiger partial charge in [-0.2, -0.15) is 0 Å². The lowest BCUT2D eigenvalue weighted by molar-refractivity contribution is -0.133. The summed E-state index contributed by atoms with van der Waals surface area (Å²) in [4.78, 5) is 25.5. The Morgan fingerprint density at radius 3 is 2.28 bits per heavy atom. The van der Waals surface area contributed by atoms with Gasteiger partial charge in [0.2, 0.25) is 5.91 Å². The molecule has 29 heavy (non-hydrogen) atoms. The molecule has 2 aliphatic rings. The van der Waals surface area contributed by atoms with Crippen molar-refractivity contribution in [2.45, 2.75) is 6.54 Å². The molecule has 3 heterocycles. The van der Waals surface area contributed by atoms with E-state index in [0.717, 1.165) is 57.9 Å². The number of pyridine rings is 1. The minimum atomic E-state index is -0.293. The van der Waals surface area contributed by atoms with Crippen molar-refractivity contribution in [1.29, 1.82) is 0 Å². The summed E-state index contributed by atoms with van der Waals surface area (Å²) < 4.78 is 13.3. The topological polar surface area (TPSA) is 42.9 Å². The second kappa shape index (κ2) is 9.33. The SMILES string of the molecule is O=C(CN1CCN(Cc2cncc(F)c2)CC1)N1CCN(c2ccccc2)CC1. The second-order valence-electron chi connectivity index (χ2n) is 7.77. The number of carbonyl (C=O) groups excluding carboxylic acids is 1. The Hall–Kier alpha value is -2.51. The first-order valence-electron chi connectivity index (χ1n) is 10.3. The fourth-order valence-corrected chi connectivity index (χ4v) is 4.05. The first-order valence-corrected chi connectivity index (χ1v) is 10.3. The van der Waals surface area contributed by atoms with Crippen molar-refractivity contribution in [2.24, 2.45) is 0 Å². The minimum Gasteiger partial charge on any atom is -0.368 e. The van der Waals surface area contributed by atoms with E-state index >= 15 is 0 Å². The van der Waals surface area contributed by atoms with Gasteiger partial charge in [-0.1, -0.05) is 18.2 Å². The van der Waals surface area contributed by atoms with E-state index in [4.69, 9.17) is 0 Å². The molecule has 0 radical (unpaired) electrons. The van der Waals surface area contributed by atoms with Gasteiger partial charge in [0.1, 0.15) is 5.82 Å². The van der Waals surface area contributed by atoms with E-state index < -0.39 is 0 Å². The van der Waals surface area contributed by atoms with E-state index in [1.165, 1.54) is 18.0 Å². The molecule has 7 heteroatoms. The van der Waals surface area contributed by atoms with Crippen LogP contribution in [0.2, 0.25) is 0 Å². The summed E-state index contributed by atoms with van der Waals surface area (Å²) >= 11 is 0. The molecule has 4 rings (SSSR count). The molecule has 154 valence electrons. The molecule has 1 aromatic carbocycles. The molecule has 0 atom stereocenters. The Morgan fingerprint density at radius 1 is 0.897 bits per heavy atom. The molecule has 0 bridgehead atoms. The number of para-hydroxylation sites is 1. The largest absolute Gasteiger partial charge is 0.368 e. The van der Waals surface area contributed by atoms with Crippen LogP contribution in [-0.2, 0) is 11.3 Å². The zero-order chi connectivity index (χ0) is 20.1. The van der Waals surface area contributed by atoms with Crippen molar-refractivity contribution in [3.8, 4) is 0 Å². The Kier molecular flexibility index (Phi) is 6.36. The number of hydrogen-bond acceptors (Lipinski definition) is 5. The Morgan fingerprint density at radius 2 is 1.59 bits per heavy atom. The number of carbonyl (C=O) groups is 1. The highest BCUT2D eigenvalue weighted by atomic mass is 19.1. The quantitative estimate of drug-likeness (QED) is 0.768. The highest BCUT2D eigenvalue weighted by molar-refractivity contribution is 5.78.